The molecule has 14 nitrogen and oxygen atoms in total. The van der Waals surface area contributed by atoms with E-state index in [9.17, 15) is 45.6 Å². The Kier molecular flexibility index (Phi) is 7.94. The van der Waals surface area contributed by atoms with Crippen LogP contribution in [-0.4, -0.2) is 122 Å². The Morgan fingerprint density at radius 2 is 1.81 bits per heavy atom. The Balaban J connectivity index is 1.57. The highest BCUT2D eigenvalue weighted by Gasteiger charge is 2.65. The zero-order valence-electron chi connectivity index (χ0n) is 19.6. The van der Waals surface area contributed by atoms with Gasteiger partial charge >= 0.3 is 5.97 Å². The standard InChI is InChI=1S/C23H30O14/c1-33-12-6-9(2-3-11(12)26)20(31)36-18-10-4-5-34-21(14(10)23(32,8-25)19(18)30)37-22-17(29)16(28)15(27)13(7-24)35-22/h2-6,10,13-19,21-22,24-30,32H,7-8H2,1H3/t10-,13-,14-,15-,16+,17-,18+,19-,21+,22+,23-/m1/s1. The molecule has 2 heterocycles. The highest BCUT2D eigenvalue weighted by molar-refractivity contribution is 5.90. The van der Waals surface area contributed by atoms with Crippen molar-refractivity contribution in [3.63, 3.8) is 0 Å². The molecule has 1 aromatic carbocycles. The predicted octanol–water partition coefficient (Wildman–Crippen LogP) is -3.06. The molecule has 11 atom stereocenters. The van der Waals surface area contributed by atoms with E-state index < -0.39 is 85.8 Å². The quantitative estimate of drug-likeness (QED) is 0.164. The van der Waals surface area contributed by atoms with Gasteiger partial charge in [0.25, 0.3) is 0 Å². The molecule has 1 aromatic rings. The molecule has 1 saturated heterocycles. The van der Waals surface area contributed by atoms with Crippen molar-refractivity contribution in [1.82, 2.24) is 0 Å². The van der Waals surface area contributed by atoms with E-state index in [1.807, 2.05) is 0 Å². The van der Waals surface area contributed by atoms with Crippen LogP contribution in [0.15, 0.2) is 30.5 Å². The van der Waals surface area contributed by atoms with Crippen LogP contribution in [0.3, 0.4) is 0 Å². The smallest absolute Gasteiger partial charge is 0.338 e. The zero-order valence-corrected chi connectivity index (χ0v) is 19.6. The Morgan fingerprint density at radius 1 is 1.08 bits per heavy atom. The lowest BCUT2D eigenvalue weighted by Crippen LogP contribution is -2.61. The van der Waals surface area contributed by atoms with Crippen LogP contribution in [-0.2, 0) is 18.9 Å². The van der Waals surface area contributed by atoms with Gasteiger partial charge in [-0.15, -0.1) is 0 Å². The van der Waals surface area contributed by atoms with Crippen molar-refractivity contribution < 1.29 is 69.3 Å². The van der Waals surface area contributed by atoms with Gasteiger partial charge in [0.1, 0.15) is 42.2 Å². The summed E-state index contributed by atoms with van der Waals surface area (Å²) in [6.07, 6.45) is -10.2. The van der Waals surface area contributed by atoms with Gasteiger partial charge in [-0.2, -0.15) is 0 Å². The number of ether oxygens (including phenoxy) is 5. The molecule has 37 heavy (non-hydrogen) atoms. The van der Waals surface area contributed by atoms with E-state index in [0.717, 1.165) is 6.26 Å². The maximum atomic E-state index is 12.8. The van der Waals surface area contributed by atoms with E-state index in [2.05, 4.69) is 0 Å². The molecule has 0 unspecified atom stereocenters. The summed E-state index contributed by atoms with van der Waals surface area (Å²) in [5.74, 6) is -3.36. The van der Waals surface area contributed by atoms with Gasteiger partial charge in [-0.1, -0.05) is 0 Å². The second-order valence-corrected chi connectivity index (χ2v) is 9.12. The van der Waals surface area contributed by atoms with E-state index >= 15 is 0 Å². The van der Waals surface area contributed by atoms with Crippen molar-refractivity contribution in [1.29, 1.82) is 0 Å². The molecule has 0 radical (unpaired) electrons. The SMILES string of the molecule is COc1cc(C(=O)O[C@H]2[C@@H]3C=CO[C@@H](O[C@@H]4O[C@H](CO)[C@@H](O)[C@H](O)[C@H]4O)[C@@H]3[C@](O)(CO)[C@@H]2O)ccc1O. The summed E-state index contributed by atoms with van der Waals surface area (Å²) in [6, 6.07) is 3.70. The molecule has 0 spiro atoms. The number of hydrogen-bond donors (Lipinski definition) is 8. The van der Waals surface area contributed by atoms with Gasteiger partial charge in [-0.3, -0.25) is 0 Å². The number of aromatic hydroxyl groups is 1. The van der Waals surface area contributed by atoms with Crippen LogP contribution in [0.5, 0.6) is 11.5 Å². The Bertz CT molecular complexity index is 1000. The highest BCUT2D eigenvalue weighted by Crippen LogP contribution is 2.48. The average molecular weight is 530 g/mol. The lowest BCUT2D eigenvalue weighted by molar-refractivity contribution is -0.348. The molecular weight excluding hydrogens is 500 g/mol. The van der Waals surface area contributed by atoms with E-state index in [1.54, 1.807) is 0 Å². The minimum absolute atomic E-state index is 0.00474. The van der Waals surface area contributed by atoms with Crippen molar-refractivity contribution in [2.75, 3.05) is 20.3 Å². The number of phenolic OH excluding ortho intramolecular Hbond substituents is 1. The number of phenols is 1. The molecule has 8 N–H and O–H groups in total. The number of methoxy groups -OCH3 is 1. The van der Waals surface area contributed by atoms with E-state index in [4.69, 9.17) is 23.7 Å². The molecule has 1 aliphatic carbocycles. The number of carbonyl (C=O) groups is 1. The Morgan fingerprint density at radius 3 is 2.46 bits per heavy atom. The van der Waals surface area contributed by atoms with E-state index in [1.165, 1.54) is 31.4 Å². The first-order valence-electron chi connectivity index (χ1n) is 11.4. The number of benzene rings is 1. The number of aliphatic hydroxyl groups is 7. The van der Waals surface area contributed by atoms with Gasteiger partial charge in [-0.05, 0) is 24.3 Å². The van der Waals surface area contributed by atoms with Crippen molar-refractivity contribution in [3.05, 3.63) is 36.1 Å². The summed E-state index contributed by atoms with van der Waals surface area (Å²) in [5, 5.41) is 81.7. The van der Waals surface area contributed by atoms with Crippen LogP contribution in [0, 0.1) is 11.8 Å². The largest absolute Gasteiger partial charge is 0.504 e. The molecule has 2 aliphatic heterocycles. The molecule has 0 aromatic heterocycles. The van der Waals surface area contributed by atoms with Gasteiger partial charge in [0.15, 0.2) is 17.8 Å². The first-order chi connectivity index (χ1) is 17.6. The maximum Gasteiger partial charge on any atom is 0.338 e. The highest BCUT2D eigenvalue weighted by atomic mass is 16.8. The van der Waals surface area contributed by atoms with Gasteiger partial charge in [0.2, 0.25) is 6.29 Å². The van der Waals surface area contributed by atoms with Crippen LogP contribution in [0.25, 0.3) is 0 Å². The normalized spacial score (nSPS) is 41.1. The molecule has 14 heteroatoms. The Labute approximate surface area is 210 Å². The third-order valence-electron chi connectivity index (χ3n) is 7.03. The number of carbonyl (C=O) groups excluding carboxylic acids is 1. The average Bonchev–Trinajstić information content (AvgIpc) is 3.11. The third-order valence-corrected chi connectivity index (χ3v) is 7.03. The zero-order chi connectivity index (χ0) is 27.1. The fourth-order valence-electron chi connectivity index (χ4n) is 4.94. The number of esters is 1. The van der Waals surface area contributed by atoms with Crippen molar-refractivity contribution in [2.24, 2.45) is 11.8 Å². The fourth-order valence-corrected chi connectivity index (χ4v) is 4.94. The van der Waals surface area contributed by atoms with Gasteiger partial charge < -0.3 is 64.5 Å². The molecule has 4 rings (SSSR count). The van der Waals surface area contributed by atoms with Crippen molar-refractivity contribution in [2.45, 2.75) is 54.8 Å². The maximum absolute atomic E-state index is 12.8. The van der Waals surface area contributed by atoms with E-state index in [-0.39, 0.29) is 17.1 Å². The Hall–Kier alpha value is -2.53. The minimum atomic E-state index is -2.31. The number of hydrogen-bond acceptors (Lipinski definition) is 14. The first-order valence-corrected chi connectivity index (χ1v) is 11.4. The lowest BCUT2D eigenvalue weighted by Gasteiger charge is -2.43. The van der Waals surface area contributed by atoms with Gasteiger partial charge in [-0.25, -0.2) is 4.79 Å². The topological polar surface area (TPSA) is 225 Å². The van der Waals surface area contributed by atoms with Crippen molar-refractivity contribution >= 4 is 5.97 Å². The second-order valence-electron chi connectivity index (χ2n) is 9.12. The van der Waals surface area contributed by atoms with Crippen LogP contribution < -0.4 is 4.74 Å². The summed E-state index contributed by atoms with van der Waals surface area (Å²) in [6.45, 7) is -1.70. The van der Waals surface area contributed by atoms with Crippen molar-refractivity contribution in [3.8, 4) is 11.5 Å². The lowest BCUT2D eigenvalue weighted by atomic mass is 9.83. The van der Waals surface area contributed by atoms with Gasteiger partial charge in [0.05, 0.1) is 38.1 Å². The summed E-state index contributed by atoms with van der Waals surface area (Å²) in [7, 11) is 1.29. The summed E-state index contributed by atoms with van der Waals surface area (Å²) >= 11 is 0. The minimum Gasteiger partial charge on any atom is -0.504 e. The number of fused-ring (bicyclic) bond motifs is 1. The predicted molar refractivity (Wildman–Crippen MR) is 118 cm³/mol. The van der Waals surface area contributed by atoms with Crippen LogP contribution in [0.2, 0.25) is 0 Å². The van der Waals surface area contributed by atoms with Crippen LogP contribution >= 0.6 is 0 Å². The second kappa shape index (κ2) is 10.7. The molecule has 0 bridgehead atoms. The summed E-state index contributed by atoms with van der Waals surface area (Å²) < 4.78 is 26.9. The molecule has 2 fully saturated rings. The number of aliphatic hydroxyl groups excluding tert-OH is 6. The molecule has 3 aliphatic rings. The molecule has 206 valence electrons. The number of rotatable bonds is 7. The third kappa shape index (κ3) is 4.76. The first kappa shape index (κ1) is 27.5. The van der Waals surface area contributed by atoms with Gasteiger partial charge in [0, 0.05) is 5.92 Å². The monoisotopic (exact) mass is 530 g/mol. The summed E-state index contributed by atoms with van der Waals surface area (Å²) in [5.41, 5.74) is -2.34. The molecular formula is C23H30O14. The van der Waals surface area contributed by atoms with Crippen LogP contribution in [0.1, 0.15) is 10.4 Å². The van der Waals surface area contributed by atoms with E-state index in [0.29, 0.717) is 0 Å². The molecule has 0 amide bonds. The summed E-state index contributed by atoms with van der Waals surface area (Å²) in [4.78, 5) is 12.8. The molecule has 1 saturated carbocycles. The fraction of sp³-hybridized carbons (Fsp3) is 0.609. The van der Waals surface area contributed by atoms with Crippen LogP contribution in [0.4, 0.5) is 0 Å².